The highest BCUT2D eigenvalue weighted by Crippen LogP contribution is 2.29. The van der Waals surface area contributed by atoms with Gasteiger partial charge in [-0.2, -0.15) is 0 Å². The summed E-state index contributed by atoms with van der Waals surface area (Å²) in [5, 5.41) is 4.89. The highest BCUT2D eigenvalue weighted by Gasteiger charge is 2.21. The molecule has 0 amide bonds. The van der Waals surface area contributed by atoms with E-state index in [0.29, 0.717) is 12.3 Å². The molecule has 0 bridgehead atoms. The normalized spacial score (nSPS) is 16.4. The lowest BCUT2D eigenvalue weighted by atomic mass is 10.1. The van der Waals surface area contributed by atoms with Crippen LogP contribution in [0.5, 0.6) is 5.75 Å². The molecule has 0 saturated heterocycles. The molecule has 0 radical (unpaired) electrons. The molecule has 0 aromatic carbocycles. The van der Waals surface area contributed by atoms with E-state index in [1.807, 2.05) is 6.08 Å². The average Bonchev–Trinajstić information content (AvgIpc) is 2.87. The lowest BCUT2D eigenvalue weighted by Gasteiger charge is -2.14. The number of hydrogen-bond donors (Lipinski definition) is 2. The van der Waals surface area contributed by atoms with Crippen LogP contribution in [0, 0.1) is 0 Å². The van der Waals surface area contributed by atoms with Crippen LogP contribution in [0.1, 0.15) is 6.42 Å². The maximum atomic E-state index is 12.1. The fourth-order valence-electron chi connectivity index (χ4n) is 1.71. The summed E-state index contributed by atoms with van der Waals surface area (Å²) in [4.78, 5) is 0. The molecule has 2 rings (SSSR count). The Morgan fingerprint density at radius 1 is 1.56 bits per heavy atom. The predicted molar refractivity (Wildman–Crippen MR) is 71.6 cm³/mol. The van der Waals surface area contributed by atoms with E-state index in [4.69, 9.17) is 4.74 Å². The molecule has 1 aliphatic heterocycles. The van der Waals surface area contributed by atoms with Crippen molar-refractivity contribution in [1.82, 2.24) is 10.0 Å². The molecular weight excluding hydrogens is 272 g/mol. The van der Waals surface area contributed by atoms with E-state index >= 15 is 0 Å². The second-order valence-electron chi connectivity index (χ2n) is 3.92. The van der Waals surface area contributed by atoms with E-state index < -0.39 is 10.0 Å². The Balaban J connectivity index is 2.05. The second kappa shape index (κ2) is 5.83. The van der Waals surface area contributed by atoms with Crippen LogP contribution in [0.15, 0.2) is 27.3 Å². The van der Waals surface area contributed by atoms with Crippen LogP contribution >= 0.6 is 11.3 Å². The van der Waals surface area contributed by atoms with E-state index in [0.717, 1.165) is 36.4 Å². The van der Waals surface area contributed by atoms with Crippen molar-refractivity contribution in [3.8, 4) is 5.75 Å². The van der Waals surface area contributed by atoms with E-state index in [1.165, 1.54) is 7.11 Å². The van der Waals surface area contributed by atoms with Gasteiger partial charge in [0.1, 0.15) is 5.75 Å². The Morgan fingerprint density at radius 2 is 2.39 bits per heavy atom. The summed E-state index contributed by atoms with van der Waals surface area (Å²) in [6, 6.07) is 1.66. The first-order chi connectivity index (χ1) is 8.63. The first kappa shape index (κ1) is 13.5. The molecule has 0 spiro atoms. The summed E-state index contributed by atoms with van der Waals surface area (Å²) in [6.07, 6.45) is 2.90. The Labute approximate surface area is 111 Å². The van der Waals surface area contributed by atoms with Crippen molar-refractivity contribution in [3.63, 3.8) is 0 Å². The first-order valence-corrected chi connectivity index (χ1v) is 7.99. The number of sulfonamides is 1. The molecule has 18 heavy (non-hydrogen) atoms. The van der Waals surface area contributed by atoms with Crippen molar-refractivity contribution in [3.05, 3.63) is 23.1 Å². The summed E-state index contributed by atoms with van der Waals surface area (Å²) in [5.74, 6) is 0.395. The van der Waals surface area contributed by atoms with Gasteiger partial charge in [0.05, 0.1) is 7.11 Å². The van der Waals surface area contributed by atoms with Crippen LogP contribution in [0.3, 0.4) is 0 Å². The highest BCUT2D eigenvalue weighted by molar-refractivity contribution is 7.91. The van der Waals surface area contributed by atoms with Gasteiger partial charge in [-0.3, -0.25) is 0 Å². The van der Waals surface area contributed by atoms with Crippen LogP contribution in [0.2, 0.25) is 0 Å². The van der Waals surface area contributed by atoms with Crippen LogP contribution in [-0.2, 0) is 10.0 Å². The van der Waals surface area contributed by atoms with Crippen LogP contribution in [0.4, 0.5) is 0 Å². The van der Waals surface area contributed by atoms with Gasteiger partial charge in [0.15, 0.2) is 4.21 Å². The van der Waals surface area contributed by atoms with Crippen molar-refractivity contribution in [1.29, 1.82) is 0 Å². The second-order valence-corrected chi connectivity index (χ2v) is 6.80. The quantitative estimate of drug-likeness (QED) is 0.792. The molecule has 0 unspecified atom stereocenters. The third-order valence-electron chi connectivity index (χ3n) is 2.71. The summed E-state index contributed by atoms with van der Waals surface area (Å²) in [5.41, 5.74) is 1.12. The SMILES string of the molecule is COc1ccsc1S(=O)(=O)NCC1=CCNCC1. The summed E-state index contributed by atoms with van der Waals surface area (Å²) >= 11 is 1.16. The van der Waals surface area contributed by atoms with Crippen LogP contribution in [0.25, 0.3) is 0 Å². The standard InChI is InChI=1S/C11H16N2O3S2/c1-16-10-4-7-17-11(10)18(14,15)13-8-9-2-5-12-6-3-9/h2,4,7,12-13H,3,5-6,8H2,1H3. The van der Waals surface area contributed by atoms with Crippen molar-refractivity contribution in [2.45, 2.75) is 10.6 Å². The first-order valence-electron chi connectivity index (χ1n) is 5.63. The van der Waals surface area contributed by atoms with Gasteiger partial charge >= 0.3 is 0 Å². The van der Waals surface area contributed by atoms with Gasteiger partial charge in [0.2, 0.25) is 0 Å². The lowest BCUT2D eigenvalue weighted by Crippen LogP contribution is -2.29. The van der Waals surface area contributed by atoms with Gasteiger partial charge in [-0.05, 0) is 24.4 Å². The molecule has 0 atom stereocenters. The minimum absolute atomic E-state index is 0.236. The van der Waals surface area contributed by atoms with E-state index in [2.05, 4.69) is 10.0 Å². The van der Waals surface area contributed by atoms with E-state index in [9.17, 15) is 8.42 Å². The van der Waals surface area contributed by atoms with E-state index in [1.54, 1.807) is 11.4 Å². The highest BCUT2D eigenvalue weighted by atomic mass is 32.2. The fourth-order valence-corrected chi connectivity index (χ4v) is 4.07. The number of ether oxygens (including phenoxy) is 1. The number of thiophene rings is 1. The number of hydrogen-bond acceptors (Lipinski definition) is 5. The summed E-state index contributed by atoms with van der Waals surface area (Å²) < 4.78 is 32.1. The number of nitrogens with one attached hydrogen (secondary N) is 2. The Morgan fingerprint density at radius 3 is 3.06 bits per heavy atom. The Kier molecular flexibility index (Phi) is 4.39. The third-order valence-corrected chi connectivity index (χ3v) is 5.55. The number of rotatable bonds is 5. The summed E-state index contributed by atoms with van der Waals surface area (Å²) in [6.45, 7) is 2.07. The molecule has 5 nitrogen and oxygen atoms in total. The zero-order valence-corrected chi connectivity index (χ0v) is 11.7. The predicted octanol–water partition coefficient (Wildman–Crippen LogP) is 0.955. The number of methoxy groups -OCH3 is 1. The third kappa shape index (κ3) is 3.11. The van der Waals surface area contributed by atoms with Gasteiger partial charge in [-0.15, -0.1) is 11.3 Å². The average molecular weight is 288 g/mol. The molecule has 7 heteroatoms. The van der Waals surface area contributed by atoms with Gasteiger partial charge in [0.25, 0.3) is 10.0 Å². The fraction of sp³-hybridized carbons (Fsp3) is 0.455. The minimum atomic E-state index is -3.48. The monoisotopic (exact) mass is 288 g/mol. The maximum Gasteiger partial charge on any atom is 0.254 e. The molecule has 1 aliphatic rings. The molecular formula is C11H16N2O3S2. The van der Waals surface area contributed by atoms with Gasteiger partial charge in [-0.1, -0.05) is 11.6 Å². The smallest absolute Gasteiger partial charge is 0.254 e. The lowest BCUT2D eigenvalue weighted by molar-refractivity contribution is 0.406. The molecule has 2 N–H and O–H groups in total. The zero-order chi connectivity index (χ0) is 13.0. The van der Waals surface area contributed by atoms with Crippen LogP contribution in [-0.4, -0.2) is 35.2 Å². The largest absolute Gasteiger partial charge is 0.494 e. The van der Waals surface area contributed by atoms with Crippen molar-refractivity contribution < 1.29 is 13.2 Å². The minimum Gasteiger partial charge on any atom is -0.494 e. The Hall–Kier alpha value is -0.890. The zero-order valence-electron chi connectivity index (χ0n) is 10.1. The van der Waals surface area contributed by atoms with Crippen LogP contribution < -0.4 is 14.8 Å². The van der Waals surface area contributed by atoms with Crippen molar-refractivity contribution in [2.75, 3.05) is 26.7 Å². The van der Waals surface area contributed by atoms with Crippen molar-refractivity contribution in [2.24, 2.45) is 0 Å². The molecule has 0 saturated carbocycles. The van der Waals surface area contributed by atoms with Gasteiger partial charge < -0.3 is 10.1 Å². The van der Waals surface area contributed by atoms with Gasteiger partial charge in [-0.25, -0.2) is 13.1 Å². The molecule has 0 fully saturated rings. The topological polar surface area (TPSA) is 67.4 Å². The van der Waals surface area contributed by atoms with E-state index in [-0.39, 0.29) is 4.21 Å². The Bertz CT molecular complexity index is 534. The summed E-state index contributed by atoms with van der Waals surface area (Å²) in [7, 11) is -2.01. The maximum absolute atomic E-state index is 12.1. The molecule has 2 heterocycles. The van der Waals surface area contributed by atoms with Gasteiger partial charge in [0, 0.05) is 13.1 Å². The molecule has 100 valence electrons. The molecule has 1 aromatic heterocycles. The van der Waals surface area contributed by atoms with Crippen molar-refractivity contribution >= 4 is 21.4 Å². The molecule has 0 aliphatic carbocycles. The molecule has 1 aromatic rings.